The van der Waals surface area contributed by atoms with E-state index < -0.39 is 17.6 Å². The molecule has 3 aromatic rings. The summed E-state index contributed by atoms with van der Waals surface area (Å²) in [5.41, 5.74) is 3.38. The number of benzene rings is 1. The zero-order chi connectivity index (χ0) is 26.5. The smallest absolute Gasteiger partial charge is 0.325 e. The normalized spacial score (nSPS) is 19.4. The molecule has 2 aromatic heterocycles. The van der Waals surface area contributed by atoms with Gasteiger partial charge in [-0.2, -0.15) is 13.2 Å². The van der Waals surface area contributed by atoms with Crippen LogP contribution in [0.2, 0.25) is 0 Å². The minimum Gasteiger partial charge on any atom is -0.325 e. The van der Waals surface area contributed by atoms with Gasteiger partial charge in [-0.15, -0.1) is 0 Å². The maximum absolute atomic E-state index is 13.3. The monoisotopic (exact) mass is 510 g/mol. The van der Waals surface area contributed by atoms with E-state index in [1.807, 2.05) is 13.1 Å². The summed E-state index contributed by atoms with van der Waals surface area (Å²) in [6, 6.07) is 5.37. The van der Waals surface area contributed by atoms with Crippen molar-refractivity contribution in [3.8, 4) is 11.3 Å². The summed E-state index contributed by atoms with van der Waals surface area (Å²) >= 11 is 0. The predicted octanol–water partition coefficient (Wildman–Crippen LogP) is 5.55. The number of aryl methyl sites for hydroxylation is 1. The van der Waals surface area contributed by atoms with Gasteiger partial charge >= 0.3 is 6.18 Å². The number of carbonyl (C=O) groups is 1. The number of nitrogens with one attached hydrogen (secondary N) is 2. The van der Waals surface area contributed by atoms with E-state index in [9.17, 15) is 18.0 Å². The number of carbonyl (C=O) groups excluding carboxylic acids is 1. The van der Waals surface area contributed by atoms with Crippen LogP contribution >= 0.6 is 0 Å². The number of nitrogens with zero attached hydrogens (tertiary/aromatic N) is 4. The first-order valence-electron chi connectivity index (χ1n) is 12.2. The van der Waals surface area contributed by atoms with E-state index in [4.69, 9.17) is 0 Å². The molecule has 37 heavy (non-hydrogen) atoms. The number of halogens is 3. The average Bonchev–Trinajstić information content (AvgIpc) is 2.94. The highest BCUT2D eigenvalue weighted by molar-refractivity contribution is 6.00. The van der Waals surface area contributed by atoms with Crippen LogP contribution in [-0.4, -0.2) is 45.9 Å². The van der Waals surface area contributed by atoms with Crippen LogP contribution in [0.25, 0.3) is 11.3 Å². The molecule has 1 amide bonds. The van der Waals surface area contributed by atoms with E-state index >= 15 is 0 Å². The Bertz CT molecular complexity index is 1370. The Morgan fingerprint density at radius 3 is 2.68 bits per heavy atom. The zero-order valence-electron chi connectivity index (χ0n) is 21.2. The number of hydrogen-bond acceptors (Lipinski definition) is 6. The first-order valence-corrected chi connectivity index (χ1v) is 12.2. The van der Waals surface area contributed by atoms with Crippen molar-refractivity contribution in [3.05, 3.63) is 59.0 Å². The Labute approximate surface area is 213 Å². The number of amides is 1. The molecule has 0 spiro atoms. The summed E-state index contributed by atoms with van der Waals surface area (Å²) in [7, 11) is 2.14. The van der Waals surface area contributed by atoms with Gasteiger partial charge in [-0.25, -0.2) is 9.97 Å². The lowest BCUT2D eigenvalue weighted by atomic mass is 9.71. The lowest BCUT2D eigenvalue weighted by molar-refractivity contribution is -0.137. The van der Waals surface area contributed by atoms with Crippen LogP contribution in [-0.2, 0) is 17.4 Å². The quantitative estimate of drug-likeness (QED) is 0.481. The molecule has 0 aliphatic carbocycles. The molecule has 2 aliphatic heterocycles. The van der Waals surface area contributed by atoms with Crippen molar-refractivity contribution < 1.29 is 18.0 Å². The van der Waals surface area contributed by atoms with Crippen LogP contribution in [0.3, 0.4) is 0 Å². The highest BCUT2D eigenvalue weighted by Crippen LogP contribution is 2.43. The number of likely N-dealkylation sites (tertiary alicyclic amines) is 1. The molecule has 0 radical (unpaired) electrons. The largest absolute Gasteiger partial charge is 0.416 e. The Balaban J connectivity index is 1.50. The number of hydrogen-bond donors (Lipinski definition) is 2. The van der Waals surface area contributed by atoms with Crippen molar-refractivity contribution in [2.75, 3.05) is 30.8 Å². The van der Waals surface area contributed by atoms with Crippen LogP contribution in [0.15, 0.2) is 36.7 Å². The van der Waals surface area contributed by atoms with Gasteiger partial charge in [0.2, 0.25) is 11.9 Å². The topological polar surface area (TPSA) is 83.0 Å². The highest BCUT2D eigenvalue weighted by atomic mass is 19.4. The van der Waals surface area contributed by atoms with Crippen LogP contribution in [0.1, 0.15) is 48.6 Å². The molecule has 4 heterocycles. The summed E-state index contributed by atoms with van der Waals surface area (Å²) in [4.78, 5) is 28.4. The van der Waals surface area contributed by atoms with Crippen LogP contribution in [0, 0.1) is 12.3 Å². The van der Waals surface area contributed by atoms with Crippen LogP contribution in [0.5, 0.6) is 0 Å². The van der Waals surface area contributed by atoms with Crippen molar-refractivity contribution in [3.63, 3.8) is 0 Å². The fraction of sp³-hybridized carbons (Fsp3) is 0.407. The second-order valence-corrected chi connectivity index (χ2v) is 10.6. The Morgan fingerprint density at radius 1 is 1.16 bits per heavy atom. The van der Waals surface area contributed by atoms with E-state index in [1.165, 1.54) is 6.07 Å². The van der Waals surface area contributed by atoms with Crippen molar-refractivity contribution >= 4 is 23.2 Å². The molecule has 5 rings (SSSR count). The molecule has 2 N–H and O–H groups in total. The van der Waals surface area contributed by atoms with Crippen LogP contribution < -0.4 is 10.6 Å². The summed E-state index contributed by atoms with van der Waals surface area (Å²) in [6.45, 7) is 8.44. The SMILES string of the molecule is Cc1ncc(C2CCN(C)CC2(C)C)cc1Nc1ncc2c(n1)-c1ccc(C(F)(F)F)cc1NC(=O)C2. The van der Waals surface area contributed by atoms with Gasteiger partial charge < -0.3 is 15.5 Å². The lowest BCUT2D eigenvalue weighted by Gasteiger charge is -2.43. The van der Waals surface area contributed by atoms with Crippen molar-refractivity contribution in [2.45, 2.75) is 45.7 Å². The van der Waals surface area contributed by atoms with E-state index in [1.54, 1.807) is 6.20 Å². The first kappa shape index (κ1) is 25.1. The van der Waals surface area contributed by atoms with E-state index in [0.29, 0.717) is 22.7 Å². The molecule has 7 nitrogen and oxygen atoms in total. The zero-order valence-corrected chi connectivity index (χ0v) is 21.2. The molecule has 194 valence electrons. The van der Waals surface area contributed by atoms with Crippen molar-refractivity contribution in [1.29, 1.82) is 0 Å². The number of pyridine rings is 1. The Morgan fingerprint density at radius 2 is 1.95 bits per heavy atom. The van der Waals surface area contributed by atoms with Gasteiger partial charge in [-0.3, -0.25) is 9.78 Å². The average molecular weight is 511 g/mol. The maximum Gasteiger partial charge on any atom is 0.416 e. The summed E-state index contributed by atoms with van der Waals surface area (Å²) in [5.74, 6) is 0.206. The number of piperidine rings is 1. The fourth-order valence-corrected chi connectivity index (χ4v) is 5.46. The molecule has 10 heteroatoms. The molecule has 1 unspecified atom stereocenters. The molecule has 0 saturated carbocycles. The number of anilines is 3. The third-order valence-electron chi connectivity index (χ3n) is 7.27. The minimum absolute atomic E-state index is 0.0348. The first-order chi connectivity index (χ1) is 17.4. The number of rotatable bonds is 3. The van der Waals surface area contributed by atoms with Crippen LogP contribution in [0.4, 0.5) is 30.5 Å². The van der Waals surface area contributed by atoms with E-state index in [-0.39, 0.29) is 23.5 Å². The standard InChI is InChI=1S/C27H29F3N6O/c1-15-21(9-16(12-31-15)20-7-8-36(4)14-26(20,2)3)34-25-32-13-17-10-23(37)33-22-11-18(27(28,29)30)5-6-19(22)24(17)35-25/h5-6,9,11-13,20H,7-8,10,14H2,1-4H3,(H,33,37)(H,32,34,35). The van der Waals surface area contributed by atoms with E-state index in [0.717, 1.165) is 48.6 Å². The van der Waals surface area contributed by atoms with Gasteiger partial charge in [0.1, 0.15) is 0 Å². The van der Waals surface area contributed by atoms with E-state index in [2.05, 4.69) is 57.4 Å². The molecule has 1 atom stereocenters. The van der Waals surface area contributed by atoms with Gasteiger partial charge in [0.05, 0.1) is 34.7 Å². The van der Waals surface area contributed by atoms with Gasteiger partial charge in [0, 0.05) is 30.1 Å². The number of fused-ring (bicyclic) bond motifs is 3. The summed E-state index contributed by atoms with van der Waals surface area (Å²) in [5, 5.41) is 5.83. The Hall–Kier alpha value is -3.53. The van der Waals surface area contributed by atoms with Gasteiger partial charge in [0.15, 0.2) is 0 Å². The fourth-order valence-electron chi connectivity index (χ4n) is 5.46. The molecule has 2 aliphatic rings. The third-order valence-corrected chi connectivity index (χ3v) is 7.27. The molecular weight excluding hydrogens is 481 g/mol. The highest BCUT2D eigenvalue weighted by Gasteiger charge is 2.36. The molecule has 1 aromatic carbocycles. The Kier molecular flexibility index (Phi) is 6.18. The molecular formula is C27H29F3N6O. The third kappa shape index (κ3) is 5.02. The minimum atomic E-state index is -4.52. The van der Waals surface area contributed by atoms with Gasteiger partial charge in [-0.05, 0) is 62.0 Å². The van der Waals surface area contributed by atoms with Crippen molar-refractivity contribution in [2.24, 2.45) is 5.41 Å². The maximum atomic E-state index is 13.3. The predicted molar refractivity (Wildman–Crippen MR) is 136 cm³/mol. The van der Waals surface area contributed by atoms with Gasteiger partial charge in [0.25, 0.3) is 0 Å². The summed E-state index contributed by atoms with van der Waals surface area (Å²) < 4.78 is 39.8. The van der Waals surface area contributed by atoms with Crippen molar-refractivity contribution in [1.82, 2.24) is 19.9 Å². The number of aromatic nitrogens is 3. The molecule has 1 saturated heterocycles. The number of alkyl halides is 3. The second kappa shape index (κ2) is 9.09. The lowest BCUT2D eigenvalue weighted by Crippen LogP contribution is -2.42. The second-order valence-electron chi connectivity index (χ2n) is 10.6. The van der Waals surface area contributed by atoms with Gasteiger partial charge in [-0.1, -0.05) is 19.9 Å². The summed E-state index contributed by atoms with van der Waals surface area (Å²) in [6.07, 6.45) is -0.0512. The molecule has 1 fully saturated rings. The molecule has 0 bridgehead atoms.